The minimum Gasteiger partial charge on any atom is -0.494 e. The highest BCUT2D eigenvalue weighted by atomic mass is 16.5. The average molecular weight is 292 g/mol. The van der Waals surface area contributed by atoms with Gasteiger partial charge in [-0.3, -0.25) is 9.59 Å². The summed E-state index contributed by atoms with van der Waals surface area (Å²) in [5.41, 5.74) is 4.40. The number of nitrogens with zero attached hydrogens (tertiary/aromatic N) is 1. The maximum absolute atomic E-state index is 12.2. The largest absolute Gasteiger partial charge is 0.494 e. The van der Waals surface area contributed by atoms with Gasteiger partial charge in [-0.05, 0) is 24.6 Å². The first-order valence-corrected chi connectivity index (χ1v) is 6.96. The minimum absolute atomic E-state index is 0.0354. The molecule has 0 radical (unpaired) electrons. The molecule has 1 aromatic carbocycles. The van der Waals surface area contributed by atoms with Crippen LogP contribution in [0, 0.1) is 0 Å². The molecule has 21 heavy (non-hydrogen) atoms. The average Bonchev–Trinajstić information content (AvgIpc) is 2.84. The van der Waals surface area contributed by atoms with Gasteiger partial charge in [0.2, 0.25) is 5.91 Å². The van der Waals surface area contributed by atoms with Gasteiger partial charge in [-0.2, -0.15) is 0 Å². The predicted molar refractivity (Wildman–Crippen MR) is 76.7 cm³/mol. The third-order valence-electron chi connectivity index (χ3n) is 3.62. The van der Waals surface area contributed by atoms with Gasteiger partial charge in [0, 0.05) is 13.0 Å². The number of carbonyl (C=O) groups is 2. The second-order valence-electron chi connectivity index (χ2n) is 5.22. The summed E-state index contributed by atoms with van der Waals surface area (Å²) in [5, 5.41) is 9.98. The monoisotopic (exact) mass is 292 g/mol. The van der Waals surface area contributed by atoms with E-state index in [1.165, 1.54) is 4.90 Å². The van der Waals surface area contributed by atoms with Gasteiger partial charge in [0.05, 0.1) is 19.6 Å². The van der Waals surface area contributed by atoms with Crippen molar-refractivity contribution in [3.63, 3.8) is 0 Å². The fourth-order valence-corrected chi connectivity index (χ4v) is 2.41. The summed E-state index contributed by atoms with van der Waals surface area (Å²) in [4.78, 5) is 24.9. The Kier molecular flexibility index (Phi) is 4.47. The SMILES string of the molecule is CCOc1cccc(CC(=O)N2CCC(O)(C(N)=O)C2)c1. The van der Waals surface area contributed by atoms with Crippen LogP contribution in [-0.2, 0) is 16.0 Å². The highest BCUT2D eigenvalue weighted by molar-refractivity contribution is 5.86. The van der Waals surface area contributed by atoms with Crippen molar-refractivity contribution in [1.29, 1.82) is 0 Å². The number of benzene rings is 1. The minimum atomic E-state index is -1.59. The summed E-state index contributed by atoms with van der Waals surface area (Å²) in [6, 6.07) is 7.32. The zero-order chi connectivity index (χ0) is 15.5. The molecule has 0 aliphatic carbocycles. The lowest BCUT2D eigenvalue weighted by Gasteiger charge is -2.20. The van der Waals surface area contributed by atoms with Gasteiger partial charge in [0.25, 0.3) is 5.91 Å². The third-order valence-corrected chi connectivity index (χ3v) is 3.62. The van der Waals surface area contributed by atoms with Crippen molar-refractivity contribution in [2.45, 2.75) is 25.4 Å². The maximum atomic E-state index is 12.2. The number of hydrogen-bond acceptors (Lipinski definition) is 4. The van der Waals surface area contributed by atoms with Crippen LogP contribution in [0.25, 0.3) is 0 Å². The molecule has 2 rings (SSSR count). The summed E-state index contributed by atoms with van der Waals surface area (Å²) in [6.07, 6.45) is 0.392. The Hall–Kier alpha value is -2.08. The van der Waals surface area contributed by atoms with Crippen molar-refractivity contribution in [2.24, 2.45) is 5.73 Å². The zero-order valence-electron chi connectivity index (χ0n) is 12.0. The highest BCUT2D eigenvalue weighted by Crippen LogP contribution is 2.22. The summed E-state index contributed by atoms with van der Waals surface area (Å²) in [7, 11) is 0. The van der Waals surface area contributed by atoms with Crippen molar-refractivity contribution in [3.05, 3.63) is 29.8 Å². The number of nitrogens with two attached hydrogens (primary N) is 1. The standard InChI is InChI=1S/C15H20N2O4/c1-2-21-12-5-3-4-11(8-12)9-13(18)17-7-6-15(20,10-17)14(16)19/h3-5,8,20H,2,6-7,9-10H2,1H3,(H2,16,19). The van der Waals surface area contributed by atoms with E-state index >= 15 is 0 Å². The van der Waals surface area contributed by atoms with Crippen LogP contribution >= 0.6 is 0 Å². The van der Waals surface area contributed by atoms with Crippen LogP contribution in [0.1, 0.15) is 18.9 Å². The van der Waals surface area contributed by atoms with Crippen LogP contribution in [0.3, 0.4) is 0 Å². The van der Waals surface area contributed by atoms with Gasteiger partial charge in [0.15, 0.2) is 5.60 Å². The van der Waals surface area contributed by atoms with Crippen LogP contribution in [-0.4, -0.2) is 47.1 Å². The molecule has 0 spiro atoms. The molecule has 2 amide bonds. The first-order chi connectivity index (χ1) is 9.94. The number of likely N-dealkylation sites (tertiary alicyclic amines) is 1. The number of amides is 2. The number of primary amides is 1. The van der Waals surface area contributed by atoms with Gasteiger partial charge in [-0.25, -0.2) is 0 Å². The topological polar surface area (TPSA) is 92.9 Å². The third kappa shape index (κ3) is 3.52. The van der Waals surface area contributed by atoms with Gasteiger partial charge < -0.3 is 20.5 Å². The Morgan fingerprint density at radius 3 is 2.86 bits per heavy atom. The molecule has 6 nitrogen and oxygen atoms in total. The molecule has 1 aromatic rings. The molecule has 114 valence electrons. The van der Waals surface area contributed by atoms with Crippen LogP contribution in [0.4, 0.5) is 0 Å². The first kappa shape index (κ1) is 15.3. The van der Waals surface area contributed by atoms with E-state index in [0.29, 0.717) is 13.2 Å². The highest BCUT2D eigenvalue weighted by Gasteiger charge is 2.42. The van der Waals surface area contributed by atoms with Crippen LogP contribution in [0.2, 0.25) is 0 Å². The van der Waals surface area contributed by atoms with E-state index in [1.807, 2.05) is 31.2 Å². The molecule has 1 aliphatic rings. The van der Waals surface area contributed by atoms with Crippen molar-refractivity contribution in [1.82, 2.24) is 4.90 Å². The van der Waals surface area contributed by atoms with Gasteiger partial charge in [-0.1, -0.05) is 12.1 Å². The lowest BCUT2D eigenvalue weighted by Crippen LogP contribution is -2.46. The molecule has 3 N–H and O–H groups in total. The van der Waals surface area contributed by atoms with Crippen LogP contribution in [0.5, 0.6) is 5.75 Å². The van der Waals surface area contributed by atoms with E-state index in [1.54, 1.807) is 0 Å². The molecule has 6 heteroatoms. The van der Waals surface area contributed by atoms with Gasteiger partial charge >= 0.3 is 0 Å². The van der Waals surface area contributed by atoms with E-state index in [-0.39, 0.29) is 25.3 Å². The molecule has 1 aliphatic heterocycles. The van der Waals surface area contributed by atoms with Crippen molar-refractivity contribution in [2.75, 3.05) is 19.7 Å². The molecule has 1 saturated heterocycles. The van der Waals surface area contributed by atoms with Crippen LogP contribution in [0.15, 0.2) is 24.3 Å². The Morgan fingerprint density at radius 1 is 1.48 bits per heavy atom. The Bertz CT molecular complexity index is 546. The van der Waals surface area contributed by atoms with E-state index in [2.05, 4.69) is 0 Å². The zero-order valence-corrected chi connectivity index (χ0v) is 12.0. The normalized spacial score (nSPS) is 21.3. The Labute approximate surface area is 123 Å². The van der Waals surface area contributed by atoms with Crippen LogP contribution < -0.4 is 10.5 Å². The fraction of sp³-hybridized carbons (Fsp3) is 0.467. The molecule has 1 unspecified atom stereocenters. The molecule has 0 saturated carbocycles. The van der Waals surface area contributed by atoms with Crippen molar-refractivity contribution in [3.8, 4) is 5.75 Å². The molecule has 1 atom stereocenters. The molecule has 1 heterocycles. The molecular weight excluding hydrogens is 272 g/mol. The van der Waals surface area contributed by atoms with E-state index in [9.17, 15) is 14.7 Å². The van der Waals surface area contributed by atoms with Gasteiger partial charge in [0.1, 0.15) is 5.75 Å². The maximum Gasteiger partial charge on any atom is 0.251 e. The Balaban J connectivity index is 1.99. The van der Waals surface area contributed by atoms with Crippen molar-refractivity contribution >= 4 is 11.8 Å². The van der Waals surface area contributed by atoms with E-state index in [4.69, 9.17) is 10.5 Å². The fourth-order valence-electron chi connectivity index (χ4n) is 2.41. The molecule has 1 fully saturated rings. The summed E-state index contributed by atoms with van der Waals surface area (Å²) < 4.78 is 5.39. The lowest BCUT2D eigenvalue weighted by molar-refractivity contribution is -0.137. The summed E-state index contributed by atoms with van der Waals surface area (Å²) in [6.45, 7) is 2.76. The predicted octanol–water partition coefficient (Wildman–Crippen LogP) is 0.0765. The quantitative estimate of drug-likeness (QED) is 0.803. The second-order valence-corrected chi connectivity index (χ2v) is 5.22. The number of hydrogen-bond donors (Lipinski definition) is 2. The number of ether oxygens (including phenoxy) is 1. The van der Waals surface area contributed by atoms with E-state index < -0.39 is 11.5 Å². The number of aliphatic hydroxyl groups is 1. The Morgan fingerprint density at radius 2 is 2.24 bits per heavy atom. The van der Waals surface area contributed by atoms with E-state index in [0.717, 1.165) is 11.3 Å². The molecule has 0 bridgehead atoms. The summed E-state index contributed by atoms with van der Waals surface area (Å²) >= 11 is 0. The first-order valence-electron chi connectivity index (χ1n) is 6.96. The smallest absolute Gasteiger partial charge is 0.251 e. The lowest BCUT2D eigenvalue weighted by atomic mass is 10.0. The van der Waals surface area contributed by atoms with Crippen molar-refractivity contribution < 1.29 is 19.4 Å². The number of carbonyl (C=O) groups excluding carboxylic acids is 2. The molecular formula is C15H20N2O4. The molecule has 0 aromatic heterocycles. The number of β-amino-alcohol motifs (C(OH)–C–C–N with tert-alkyl or cyclic N) is 1. The number of rotatable bonds is 5. The van der Waals surface area contributed by atoms with Gasteiger partial charge in [-0.15, -0.1) is 0 Å². The second kappa shape index (κ2) is 6.13. The summed E-state index contributed by atoms with van der Waals surface area (Å²) in [5.74, 6) is -0.199.